The van der Waals surface area contributed by atoms with E-state index < -0.39 is 0 Å². The van der Waals surface area contributed by atoms with Gasteiger partial charge in [0.1, 0.15) is 17.3 Å². The van der Waals surface area contributed by atoms with Gasteiger partial charge in [-0.05, 0) is 17.7 Å². The summed E-state index contributed by atoms with van der Waals surface area (Å²) < 4.78 is 16.0. The van der Waals surface area contributed by atoms with Crippen molar-refractivity contribution in [1.82, 2.24) is 9.97 Å². The number of nitrogens with two attached hydrogens (primary N) is 2. The van der Waals surface area contributed by atoms with Crippen molar-refractivity contribution in [2.75, 3.05) is 32.8 Å². The van der Waals surface area contributed by atoms with Gasteiger partial charge >= 0.3 is 0 Å². The van der Waals surface area contributed by atoms with Crippen molar-refractivity contribution < 1.29 is 14.2 Å². The zero-order valence-corrected chi connectivity index (χ0v) is 12.9. The van der Waals surface area contributed by atoms with Gasteiger partial charge in [-0.1, -0.05) is 0 Å². The Morgan fingerprint density at radius 2 is 1.68 bits per heavy atom. The normalized spacial score (nSPS) is 10.5. The van der Waals surface area contributed by atoms with E-state index in [0.29, 0.717) is 30.3 Å². The number of nitrogens with zero attached hydrogens (tertiary/aromatic N) is 2. The lowest BCUT2D eigenvalue weighted by Crippen LogP contribution is -2.05. The molecule has 0 radical (unpaired) electrons. The highest BCUT2D eigenvalue weighted by Gasteiger charge is 2.14. The van der Waals surface area contributed by atoms with Gasteiger partial charge in [0.05, 0.1) is 26.4 Å². The van der Waals surface area contributed by atoms with Gasteiger partial charge in [0.2, 0.25) is 5.95 Å². The van der Waals surface area contributed by atoms with E-state index in [1.165, 1.54) is 0 Å². The third-order valence-electron chi connectivity index (χ3n) is 3.27. The molecule has 22 heavy (non-hydrogen) atoms. The zero-order chi connectivity index (χ0) is 16.1. The molecule has 0 spiro atoms. The molecule has 1 heterocycles. The number of hydrogen-bond acceptors (Lipinski definition) is 7. The molecule has 0 bridgehead atoms. The molecule has 118 valence electrons. The summed E-state index contributed by atoms with van der Waals surface area (Å²) in [5.41, 5.74) is 14.0. The second-order valence-electron chi connectivity index (χ2n) is 4.73. The summed E-state index contributed by atoms with van der Waals surface area (Å²) in [5, 5.41) is 0. The first kappa shape index (κ1) is 15.8. The monoisotopic (exact) mass is 304 g/mol. The number of hydrogen-bond donors (Lipinski definition) is 2. The van der Waals surface area contributed by atoms with Crippen LogP contribution in [0.4, 0.5) is 11.8 Å². The van der Waals surface area contributed by atoms with E-state index in [9.17, 15) is 0 Å². The molecule has 7 heteroatoms. The maximum atomic E-state index is 5.87. The van der Waals surface area contributed by atoms with Crippen LogP contribution in [0.1, 0.15) is 16.7 Å². The second kappa shape index (κ2) is 6.95. The second-order valence-corrected chi connectivity index (χ2v) is 4.73. The van der Waals surface area contributed by atoms with E-state index in [-0.39, 0.29) is 5.95 Å². The SMILES string of the molecule is COCc1c(OC)cc(Cc2cnc(N)nc2N)cc1OC. The lowest BCUT2D eigenvalue weighted by Gasteiger charge is -2.15. The lowest BCUT2D eigenvalue weighted by atomic mass is 10.0. The maximum absolute atomic E-state index is 5.87. The summed E-state index contributed by atoms with van der Waals surface area (Å²) in [6, 6.07) is 3.85. The van der Waals surface area contributed by atoms with Gasteiger partial charge in [-0.15, -0.1) is 0 Å². The largest absolute Gasteiger partial charge is 0.496 e. The Hall–Kier alpha value is -2.54. The molecule has 0 aliphatic heterocycles. The van der Waals surface area contributed by atoms with Crippen molar-refractivity contribution in [3.05, 3.63) is 35.0 Å². The minimum absolute atomic E-state index is 0.159. The fourth-order valence-corrected chi connectivity index (χ4v) is 2.22. The highest BCUT2D eigenvalue weighted by atomic mass is 16.5. The molecule has 0 amide bonds. The molecule has 0 saturated carbocycles. The van der Waals surface area contributed by atoms with Gasteiger partial charge in [-0.2, -0.15) is 4.98 Å². The Morgan fingerprint density at radius 1 is 1.05 bits per heavy atom. The average molecular weight is 304 g/mol. The first-order valence-electron chi connectivity index (χ1n) is 6.68. The fraction of sp³-hybridized carbons (Fsp3) is 0.333. The smallest absolute Gasteiger partial charge is 0.221 e. The molecule has 1 aromatic heterocycles. The molecule has 2 aromatic rings. The van der Waals surface area contributed by atoms with Crippen LogP contribution < -0.4 is 20.9 Å². The van der Waals surface area contributed by atoms with Gasteiger partial charge < -0.3 is 25.7 Å². The number of methoxy groups -OCH3 is 3. The Morgan fingerprint density at radius 3 is 2.18 bits per heavy atom. The molecular formula is C15H20N4O3. The van der Waals surface area contributed by atoms with E-state index >= 15 is 0 Å². The highest BCUT2D eigenvalue weighted by molar-refractivity contribution is 5.51. The maximum Gasteiger partial charge on any atom is 0.221 e. The van der Waals surface area contributed by atoms with Crippen LogP contribution in [0.3, 0.4) is 0 Å². The summed E-state index contributed by atoms with van der Waals surface area (Å²) in [7, 11) is 4.84. The Bertz CT molecular complexity index is 636. The Labute approximate surface area is 129 Å². The summed E-state index contributed by atoms with van der Waals surface area (Å²) in [6.07, 6.45) is 2.17. The molecule has 2 rings (SSSR count). The van der Waals surface area contributed by atoms with Gasteiger partial charge in [0.15, 0.2) is 0 Å². The first-order valence-corrected chi connectivity index (χ1v) is 6.68. The Kier molecular flexibility index (Phi) is 5.00. The van der Waals surface area contributed by atoms with E-state index in [1.54, 1.807) is 27.5 Å². The third kappa shape index (κ3) is 3.37. The van der Waals surface area contributed by atoms with Crippen LogP contribution in [-0.4, -0.2) is 31.3 Å². The third-order valence-corrected chi connectivity index (χ3v) is 3.27. The average Bonchev–Trinajstić information content (AvgIpc) is 2.51. The van der Waals surface area contributed by atoms with E-state index in [1.807, 2.05) is 12.1 Å². The van der Waals surface area contributed by atoms with E-state index in [4.69, 9.17) is 25.7 Å². The van der Waals surface area contributed by atoms with Crippen molar-refractivity contribution in [2.24, 2.45) is 0 Å². The van der Waals surface area contributed by atoms with Crippen LogP contribution >= 0.6 is 0 Å². The molecule has 0 aliphatic rings. The van der Waals surface area contributed by atoms with E-state index in [2.05, 4.69) is 9.97 Å². The van der Waals surface area contributed by atoms with Crippen molar-refractivity contribution in [3.8, 4) is 11.5 Å². The van der Waals surface area contributed by atoms with Crippen molar-refractivity contribution in [3.63, 3.8) is 0 Å². The molecule has 0 fully saturated rings. The summed E-state index contributed by atoms with van der Waals surface area (Å²) in [5.74, 6) is 1.93. The van der Waals surface area contributed by atoms with Crippen molar-refractivity contribution in [2.45, 2.75) is 13.0 Å². The first-order chi connectivity index (χ1) is 10.6. The standard InChI is InChI=1S/C15H20N4O3/c1-20-8-11-12(21-2)5-9(6-13(11)22-3)4-10-7-18-15(17)19-14(10)16/h5-7H,4,8H2,1-3H3,(H4,16,17,18,19). The van der Waals surface area contributed by atoms with Gasteiger partial charge in [-0.3, -0.25) is 0 Å². The molecule has 0 unspecified atom stereocenters. The van der Waals surface area contributed by atoms with Gasteiger partial charge in [-0.25, -0.2) is 4.98 Å². The molecule has 0 atom stereocenters. The number of nitrogen functional groups attached to an aromatic ring is 2. The summed E-state index contributed by atoms with van der Waals surface area (Å²) in [4.78, 5) is 7.94. The zero-order valence-electron chi connectivity index (χ0n) is 12.9. The van der Waals surface area contributed by atoms with Crippen LogP contribution in [0.2, 0.25) is 0 Å². The summed E-state index contributed by atoms with van der Waals surface area (Å²) in [6.45, 7) is 0.403. The highest BCUT2D eigenvalue weighted by Crippen LogP contribution is 2.32. The number of benzene rings is 1. The summed E-state index contributed by atoms with van der Waals surface area (Å²) >= 11 is 0. The van der Waals surface area contributed by atoms with Crippen LogP contribution in [0.5, 0.6) is 11.5 Å². The molecule has 0 aliphatic carbocycles. The van der Waals surface area contributed by atoms with Crippen LogP contribution in [0, 0.1) is 0 Å². The van der Waals surface area contributed by atoms with Crippen molar-refractivity contribution in [1.29, 1.82) is 0 Å². The number of anilines is 2. The predicted octanol–water partition coefficient (Wildman–Crippen LogP) is 1.40. The van der Waals surface area contributed by atoms with Crippen LogP contribution in [-0.2, 0) is 17.8 Å². The topological polar surface area (TPSA) is 106 Å². The molecular weight excluding hydrogens is 284 g/mol. The molecule has 1 aromatic carbocycles. The number of aromatic nitrogens is 2. The molecule has 4 N–H and O–H groups in total. The number of rotatable bonds is 6. The fourth-order valence-electron chi connectivity index (χ4n) is 2.22. The number of ether oxygens (including phenoxy) is 3. The quantitative estimate of drug-likeness (QED) is 0.830. The predicted molar refractivity (Wildman–Crippen MR) is 83.9 cm³/mol. The Balaban J connectivity index is 2.39. The van der Waals surface area contributed by atoms with Crippen molar-refractivity contribution >= 4 is 11.8 Å². The minimum Gasteiger partial charge on any atom is -0.496 e. The molecule has 7 nitrogen and oxygen atoms in total. The minimum atomic E-state index is 0.159. The van der Waals surface area contributed by atoms with Gasteiger partial charge in [0, 0.05) is 25.3 Å². The lowest BCUT2D eigenvalue weighted by molar-refractivity contribution is 0.178. The van der Waals surface area contributed by atoms with Crippen LogP contribution in [0.25, 0.3) is 0 Å². The van der Waals surface area contributed by atoms with Gasteiger partial charge in [0.25, 0.3) is 0 Å². The van der Waals surface area contributed by atoms with E-state index in [0.717, 1.165) is 16.7 Å². The molecule has 0 saturated heterocycles. The van der Waals surface area contributed by atoms with Crippen LogP contribution in [0.15, 0.2) is 18.3 Å².